The molecular formula is C37H42N4O4. The Hall–Kier alpha value is -4.66. The fourth-order valence-electron chi connectivity index (χ4n) is 5.66. The number of hydrogen-bond acceptors (Lipinski definition) is 5. The highest BCUT2D eigenvalue weighted by Gasteiger charge is 2.31. The maximum Gasteiger partial charge on any atom is 0.323 e. The lowest BCUT2D eigenvalue weighted by Crippen LogP contribution is -2.47. The molecule has 0 radical (unpaired) electrons. The second kappa shape index (κ2) is 14.9. The molecule has 0 fully saturated rings. The first-order valence-corrected chi connectivity index (χ1v) is 15.4. The van der Waals surface area contributed by atoms with E-state index in [0.29, 0.717) is 35.8 Å². The average molecular weight is 607 g/mol. The van der Waals surface area contributed by atoms with Crippen LogP contribution in [0.4, 0.5) is 16.2 Å². The van der Waals surface area contributed by atoms with Crippen molar-refractivity contribution in [2.24, 2.45) is 5.92 Å². The molecule has 8 nitrogen and oxygen atoms in total. The van der Waals surface area contributed by atoms with Gasteiger partial charge >= 0.3 is 6.03 Å². The van der Waals surface area contributed by atoms with Crippen LogP contribution in [0.25, 0.3) is 11.1 Å². The molecule has 0 aliphatic carbocycles. The van der Waals surface area contributed by atoms with Gasteiger partial charge in [-0.05, 0) is 61.0 Å². The number of benzene rings is 4. The molecule has 0 saturated heterocycles. The van der Waals surface area contributed by atoms with Crippen molar-refractivity contribution < 1.29 is 19.4 Å². The van der Waals surface area contributed by atoms with Crippen molar-refractivity contribution in [3.63, 3.8) is 0 Å². The first-order chi connectivity index (χ1) is 21.8. The topological polar surface area (TPSA) is 94.1 Å². The molecule has 1 aliphatic rings. The van der Waals surface area contributed by atoms with Gasteiger partial charge in [0.05, 0.1) is 19.1 Å². The van der Waals surface area contributed by atoms with Crippen LogP contribution in [0.3, 0.4) is 0 Å². The van der Waals surface area contributed by atoms with Gasteiger partial charge in [-0.1, -0.05) is 79.7 Å². The molecule has 3 amide bonds. The Labute approximate surface area is 265 Å². The summed E-state index contributed by atoms with van der Waals surface area (Å²) in [6.07, 6.45) is -0.129. The van der Waals surface area contributed by atoms with Crippen LogP contribution in [0.2, 0.25) is 0 Å². The zero-order valence-electron chi connectivity index (χ0n) is 26.1. The summed E-state index contributed by atoms with van der Waals surface area (Å²) in [5.74, 6) is 0.520. The van der Waals surface area contributed by atoms with Crippen LogP contribution in [0, 0.1) is 5.92 Å². The summed E-state index contributed by atoms with van der Waals surface area (Å²) in [4.78, 5) is 30.2. The molecule has 45 heavy (non-hydrogen) atoms. The van der Waals surface area contributed by atoms with Gasteiger partial charge in [0.1, 0.15) is 11.9 Å². The predicted molar refractivity (Wildman–Crippen MR) is 179 cm³/mol. The van der Waals surface area contributed by atoms with Crippen LogP contribution in [0.5, 0.6) is 5.75 Å². The van der Waals surface area contributed by atoms with E-state index in [2.05, 4.69) is 65.9 Å². The lowest BCUT2D eigenvalue weighted by molar-refractivity contribution is -0.134. The third-order valence-electron chi connectivity index (χ3n) is 8.21. The minimum atomic E-state index is -0.378. The summed E-state index contributed by atoms with van der Waals surface area (Å²) >= 11 is 0. The number of hydrogen-bond donors (Lipinski definition) is 3. The molecule has 0 unspecified atom stereocenters. The van der Waals surface area contributed by atoms with E-state index in [1.807, 2.05) is 61.5 Å². The molecule has 0 spiro atoms. The summed E-state index contributed by atoms with van der Waals surface area (Å²) in [6, 6.07) is 32.9. The van der Waals surface area contributed by atoms with Gasteiger partial charge in [0.15, 0.2) is 0 Å². The zero-order chi connectivity index (χ0) is 31.8. The number of anilines is 2. The third kappa shape index (κ3) is 8.50. The quantitative estimate of drug-likeness (QED) is 0.209. The number of rotatable bonds is 9. The Morgan fingerprint density at radius 1 is 0.933 bits per heavy atom. The molecule has 4 aromatic rings. The van der Waals surface area contributed by atoms with Gasteiger partial charge in [0.25, 0.3) is 0 Å². The highest BCUT2D eigenvalue weighted by atomic mass is 16.5. The number of likely N-dealkylation sites (N-methyl/N-ethyl adjacent to an activating group) is 1. The minimum absolute atomic E-state index is 0.00809. The smallest absolute Gasteiger partial charge is 0.323 e. The molecule has 3 atom stereocenters. The lowest BCUT2D eigenvalue weighted by Gasteiger charge is -2.34. The number of urea groups is 1. The van der Waals surface area contributed by atoms with Gasteiger partial charge in [-0.25, -0.2) is 4.79 Å². The van der Waals surface area contributed by atoms with E-state index in [4.69, 9.17) is 4.74 Å². The Morgan fingerprint density at radius 2 is 1.58 bits per heavy atom. The average Bonchev–Trinajstić information content (AvgIpc) is 3.09. The van der Waals surface area contributed by atoms with Gasteiger partial charge in [0.2, 0.25) is 5.91 Å². The van der Waals surface area contributed by atoms with E-state index in [1.54, 1.807) is 17.0 Å². The molecule has 8 heteroatoms. The summed E-state index contributed by atoms with van der Waals surface area (Å²) < 4.78 is 6.67. The molecule has 1 heterocycles. The second-order valence-corrected chi connectivity index (χ2v) is 11.9. The fourth-order valence-corrected chi connectivity index (χ4v) is 5.66. The Bertz CT molecular complexity index is 1560. The van der Waals surface area contributed by atoms with Crippen molar-refractivity contribution in [3.8, 4) is 16.9 Å². The van der Waals surface area contributed by atoms with Crippen molar-refractivity contribution >= 4 is 23.3 Å². The second-order valence-electron chi connectivity index (χ2n) is 11.9. The molecular weight excluding hydrogens is 564 g/mol. The standard InChI is InChI=1S/C37H42N4O4/c1-26-22-41(27(2)25-42)36(43)21-31-20-33(39-37(44)38-32-12-8-5-9-13-32)18-19-34(31)45-35(26)24-40(3)23-28-14-16-30(17-15-28)29-10-6-4-7-11-29/h4-20,26-27,35,42H,21-25H2,1-3H3,(H2,38,39,44)/t26-,27-,35+/m1/s1. The minimum Gasteiger partial charge on any atom is -0.488 e. The van der Waals surface area contributed by atoms with Crippen molar-refractivity contribution in [1.82, 2.24) is 9.80 Å². The monoisotopic (exact) mass is 606 g/mol. The first-order valence-electron chi connectivity index (χ1n) is 15.4. The predicted octanol–water partition coefficient (Wildman–Crippen LogP) is 6.28. The number of carbonyl (C=O) groups excluding carboxylic acids is 2. The van der Waals surface area contributed by atoms with Gasteiger partial charge in [-0.3, -0.25) is 9.69 Å². The molecule has 0 saturated carbocycles. The summed E-state index contributed by atoms with van der Waals surface area (Å²) in [5.41, 5.74) is 5.49. The zero-order valence-corrected chi connectivity index (χ0v) is 26.1. The number of aliphatic hydroxyl groups excluding tert-OH is 1. The normalized spacial score (nSPS) is 17.4. The molecule has 5 rings (SSSR count). The Morgan fingerprint density at radius 3 is 2.27 bits per heavy atom. The number of nitrogens with one attached hydrogen (secondary N) is 2. The van der Waals surface area contributed by atoms with Crippen molar-refractivity contribution in [2.75, 3.05) is 37.4 Å². The molecule has 234 valence electrons. The van der Waals surface area contributed by atoms with Crippen LogP contribution >= 0.6 is 0 Å². The molecule has 3 N–H and O–H groups in total. The van der Waals surface area contributed by atoms with E-state index in [0.717, 1.165) is 6.54 Å². The van der Waals surface area contributed by atoms with E-state index >= 15 is 0 Å². The largest absolute Gasteiger partial charge is 0.488 e. The van der Waals surface area contributed by atoms with Crippen molar-refractivity contribution in [2.45, 2.75) is 39.0 Å². The van der Waals surface area contributed by atoms with Gasteiger partial charge in [-0.2, -0.15) is 0 Å². The van der Waals surface area contributed by atoms with E-state index in [9.17, 15) is 14.7 Å². The lowest BCUT2D eigenvalue weighted by atomic mass is 10.0. The van der Waals surface area contributed by atoms with Gasteiger partial charge in [0, 0.05) is 42.5 Å². The summed E-state index contributed by atoms with van der Waals surface area (Å²) in [6.45, 7) is 5.66. The van der Waals surface area contributed by atoms with Gasteiger partial charge in [-0.15, -0.1) is 0 Å². The van der Waals surface area contributed by atoms with Crippen molar-refractivity contribution in [3.05, 3.63) is 114 Å². The number of nitrogens with zero attached hydrogens (tertiary/aromatic N) is 2. The summed E-state index contributed by atoms with van der Waals surface area (Å²) in [5, 5.41) is 15.6. The number of carbonyl (C=O) groups is 2. The van der Waals surface area contributed by atoms with Crippen LogP contribution in [-0.2, 0) is 17.8 Å². The van der Waals surface area contributed by atoms with Crippen molar-refractivity contribution in [1.29, 1.82) is 0 Å². The molecule has 4 aromatic carbocycles. The van der Waals surface area contributed by atoms with Crippen LogP contribution in [-0.4, -0.2) is 65.7 Å². The van der Waals surface area contributed by atoms with Crippen LogP contribution < -0.4 is 15.4 Å². The number of ether oxygens (including phenoxy) is 1. The number of aliphatic hydroxyl groups is 1. The maximum atomic E-state index is 13.6. The van der Waals surface area contributed by atoms with Crippen LogP contribution in [0.15, 0.2) is 103 Å². The van der Waals surface area contributed by atoms with Crippen LogP contribution in [0.1, 0.15) is 25.0 Å². The summed E-state index contributed by atoms with van der Waals surface area (Å²) in [7, 11) is 2.08. The Kier molecular flexibility index (Phi) is 10.5. The molecule has 0 aromatic heterocycles. The Balaban J connectivity index is 1.33. The number of fused-ring (bicyclic) bond motifs is 1. The first kappa shape index (κ1) is 31.8. The third-order valence-corrected chi connectivity index (χ3v) is 8.21. The highest BCUT2D eigenvalue weighted by Crippen LogP contribution is 2.30. The highest BCUT2D eigenvalue weighted by molar-refractivity contribution is 6.00. The van der Waals surface area contributed by atoms with E-state index < -0.39 is 0 Å². The van der Waals surface area contributed by atoms with E-state index in [1.165, 1.54) is 16.7 Å². The van der Waals surface area contributed by atoms with E-state index in [-0.39, 0.29) is 43.0 Å². The number of amides is 3. The number of para-hydroxylation sites is 1. The molecule has 0 bridgehead atoms. The van der Waals surface area contributed by atoms with Gasteiger partial charge < -0.3 is 25.4 Å². The SMILES string of the molecule is C[C@@H]1CN([C@H](C)CO)C(=O)Cc2cc(NC(=O)Nc3ccccc3)ccc2O[C@H]1CN(C)Cc1ccc(-c2ccccc2)cc1. The maximum absolute atomic E-state index is 13.6. The molecule has 1 aliphatic heterocycles. The fraction of sp³-hybridized carbons (Fsp3) is 0.297.